The highest BCUT2D eigenvalue weighted by atomic mass is 127. The Hall–Kier alpha value is 0.600. The van der Waals surface area contributed by atoms with Gasteiger partial charge in [0.05, 0.1) is 0 Å². The molecule has 6 nitrogen and oxygen atoms in total. The van der Waals surface area contributed by atoms with Gasteiger partial charge >= 0.3 is 17.4 Å². The summed E-state index contributed by atoms with van der Waals surface area (Å²) in [5.41, 5.74) is -1.15. The smallest absolute Gasteiger partial charge is 0.457 e. The predicted octanol–water partition coefficient (Wildman–Crippen LogP) is -0.403. The molecule has 1 aromatic rings. The molecule has 0 saturated carbocycles. The van der Waals surface area contributed by atoms with Crippen molar-refractivity contribution in [1.82, 2.24) is 5.56 Å². The number of halogens is 3. The van der Waals surface area contributed by atoms with Crippen LogP contribution < -0.4 is 14.2 Å². The molecule has 9 heteroatoms. The summed E-state index contributed by atoms with van der Waals surface area (Å²) in [6.45, 7) is 0. The van der Waals surface area contributed by atoms with Gasteiger partial charge < -0.3 is 5.11 Å². The minimum absolute atomic E-state index is 0.390. The first kappa shape index (κ1) is 10.7. The molecule has 0 aliphatic heterocycles. The molecular formula is C3HI3N3O3+. The molecule has 0 atom stereocenters. The predicted molar refractivity (Wildman–Crippen MR) is 65.1 cm³/mol. The first-order valence-electron chi connectivity index (χ1n) is 2.48. The van der Waals surface area contributed by atoms with Gasteiger partial charge in [-0.15, -0.1) is 0 Å². The zero-order valence-electron chi connectivity index (χ0n) is 5.24. The van der Waals surface area contributed by atoms with E-state index in [-0.39, 0.29) is 6.01 Å². The molecule has 0 unspecified atom stereocenters. The van der Waals surface area contributed by atoms with Crippen molar-refractivity contribution in [3.05, 3.63) is 21.0 Å². The normalized spacial score (nSPS) is 10.2. The van der Waals surface area contributed by atoms with E-state index in [1.54, 1.807) is 68.6 Å². The van der Waals surface area contributed by atoms with E-state index < -0.39 is 11.4 Å². The van der Waals surface area contributed by atoms with Gasteiger partial charge in [0.25, 0.3) is 0 Å². The van der Waals surface area contributed by atoms with Gasteiger partial charge in [-0.3, -0.25) is 0 Å². The molecule has 0 saturated heterocycles. The van der Waals surface area contributed by atoms with Crippen LogP contribution in [0.4, 0.5) is 0 Å². The number of rotatable bonds is 0. The lowest BCUT2D eigenvalue weighted by Gasteiger charge is -1.94. The van der Waals surface area contributed by atoms with Gasteiger partial charge in [0.15, 0.2) is 68.6 Å². The Kier molecular flexibility index (Phi) is 3.35. The Morgan fingerprint density at radius 1 is 1.25 bits per heavy atom. The van der Waals surface area contributed by atoms with E-state index >= 15 is 0 Å². The number of hydrogen-bond donors (Lipinski definition) is 1. The minimum Gasteiger partial charge on any atom is -0.457 e. The van der Waals surface area contributed by atoms with E-state index in [0.29, 0.717) is 0 Å². The van der Waals surface area contributed by atoms with Crippen molar-refractivity contribution in [2.24, 2.45) is 0 Å². The zero-order valence-corrected chi connectivity index (χ0v) is 11.7. The third kappa shape index (κ3) is 1.61. The van der Waals surface area contributed by atoms with Crippen molar-refractivity contribution >= 4 is 68.6 Å². The van der Waals surface area contributed by atoms with Crippen LogP contribution in [0.1, 0.15) is 0 Å². The molecule has 0 fully saturated rings. The highest BCUT2D eigenvalue weighted by molar-refractivity contribution is 14.1. The fourth-order valence-electron chi connectivity index (χ4n) is 0.484. The van der Waals surface area contributed by atoms with Gasteiger partial charge in [-0.2, -0.15) is 0 Å². The van der Waals surface area contributed by atoms with Crippen molar-refractivity contribution in [2.45, 2.75) is 0 Å². The number of aromatic hydroxyl groups is 1. The molecule has 0 bridgehead atoms. The summed E-state index contributed by atoms with van der Waals surface area (Å²) in [6, 6.07) is -0.390. The highest BCUT2D eigenvalue weighted by Crippen LogP contribution is 2.01. The molecule has 1 rings (SSSR count). The maximum Gasteiger partial charge on any atom is 0.469 e. The molecule has 1 aromatic heterocycles. The van der Waals surface area contributed by atoms with Crippen molar-refractivity contribution in [3.63, 3.8) is 0 Å². The fourth-order valence-corrected chi connectivity index (χ4v) is 3.02. The van der Waals surface area contributed by atoms with Gasteiger partial charge in [0, 0.05) is 0 Å². The summed E-state index contributed by atoms with van der Waals surface area (Å²) in [7, 11) is 0. The fraction of sp³-hybridized carbons (Fsp3) is 0. The van der Waals surface area contributed by atoms with E-state index in [1.165, 1.54) is 0 Å². The van der Waals surface area contributed by atoms with Gasteiger partial charge in [-0.1, -0.05) is 8.34 Å². The molecule has 1 heterocycles. The van der Waals surface area contributed by atoms with E-state index in [2.05, 4.69) is 0 Å². The second-order valence-electron chi connectivity index (χ2n) is 1.71. The second kappa shape index (κ2) is 3.77. The molecular weight excluding hydrogens is 507 g/mol. The van der Waals surface area contributed by atoms with Crippen LogP contribution in [0, 0.1) is 0 Å². The SMILES string of the molecule is O=c1n(I)c(O)[n+](I)c(=O)n1I. The molecule has 0 radical (unpaired) electrons. The van der Waals surface area contributed by atoms with Crippen LogP contribution in [-0.4, -0.2) is 10.7 Å². The van der Waals surface area contributed by atoms with E-state index in [4.69, 9.17) is 0 Å². The lowest BCUT2D eigenvalue weighted by atomic mass is 11.0. The van der Waals surface area contributed by atoms with Crippen molar-refractivity contribution in [1.29, 1.82) is 0 Å². The van der Waals surface area contributed by atoms with Crippen LogP contribution in [0.5, 0.6) is 6.01 Å². The average molecular weight is 508 g/mol. The number of hydrogen-bond acceptors (Lipinski definition) is 3. The Balaban J connectivity index is 3.86. The monoisotopic (exact) mass is 508 g/mol. The molecule has 0 aliphatic rings. The maximum atomic E-state index is 11.1. The Bertz CT molecular complexity index is 398. The molecule has 66 valence electrons. The van der Waals surface area contributed by atoms with Gasteiger partial charge in [-0.25, -0.2) is 9.59 Å². The topological polar surface area (TPSA) is 68.1 Å². The zero-order chi connectivity index (χ0) is 9.46. The van der Waals surface area contributed by atoms with Crippen molar-refractivity contribution < 1.29 is 7.89 Å². The standard InChI is InChI=1S/C3I3N3O3/c4-7-1(10)8(5)3(12)9(6)2(7)11/p+1. The minimum atomic E-state index is -0.577. The van der Waals surface area contributed by atoms with Gasteiger partial charge in [0.2, 0.25) is 0 Å². The third-order valence-electron chi connectivity index (χ3n) is 1.02. The summed E-state index contributed by atoms with van der Waals surface area (Å²) in [5, 5.41) is 9.19. The molecule has 0 aliphatic carbocycles. The first-order chi connectivity index (χ1) is 5.46. The van der Waals surface area contributed by atoms with E-state index in [0.717, 1.165) is 8.34 Å². The van der Waals surface area contributed by atoms with Crippen molar-refractivity contribution in [2.75, 3.05) is 0 Å². The summed E-state index contributed by atoms with van der Waals surface area (Å²) in [4.78, 5) is 22.2. The van der Waals surface area contributed by atoms with Crippen LogP contribution >= 0.6 is 68.6 Å². The van der Waals surface area contributed by atoms with Crippen LogP contribution in [0.3, 0.4) is 0 Å². The Morgan fingerprint density at radius 2 is 1.75 bits per heavy atom. The van der Waals surface area contributed by atoms with E-state index in [9.17, 15) is 14.7 Å². The Morgan fingerprint density at radius 3 is 2.25 bits per heavy atom. The van der Waals surface area contributed by atoms with Crippen LogP contribution in [0.2, 0.25) is 0 Å². The molecule has 0 spiro atoms. The number of aromatic nitrogens is 3. The average Bonchev–Trinajstić information content (AvgIpc) is 2.08. The summed E-state index contributed by atoms with van der Waals surface area (Å²) >= 11 is 4.77. The van der Waals surface area contributed by atoms with Crippen LogP contribution in [0.25, 0.3) is 0 Å². The molecule has 0 amide bonds. The third-order valence-corrected chi connectivity index (χ3v) is 3.54. The maximum absolute atomic E-state index is 11.1. The highest BCUT2D eigenvalue weighted by Gasteiger charge is 2.21. The van der Waals surface area contributed by atoms with Crippen molar-refractivity contribution in [3.8, 4) is 6.01 Å². The largest absolute Gasteiger partial charge is 0.469 e. The summed E-state index contributed by atoms with van der Waals surface area (Å²) in [6.07, 6.45) is 0. The molecule has 0 aromatic carbocycles. The number of nitrogens with zero attached hydrogens (tertiary/aromatic N) is 3. The van der Waals surface area contributed by atoms with Crippen LogP contribution in [0.15, 0.2) is 9.59 Å². The van der Waals surface area contributed by atoms with E-state index in [1.807, 2.05) is 0 Å². The van der Waals surface area contributed by atoms with Crippen LogP contribution in [-0.2, 0) is 0 Å². The molecule has 12 heavy (non-hydrogen) atoms. The first-order valence-corrected chi connectivity index (χ1v) is 5.38. The molecule has 1 N–H and O–H groups in total. The quantitative estimate of drug-likeness (QED) is 0.486. The summed E-state index contributed by atoms with van der Waals surface area (Å²) in [5.74, 6) is 0. The van der Waals surface area contributed by atoms with Gasteiger partial charge in [0.1, 0.15) is 0 Å². The lowest BCUT2D eigenvalue weighted by molar-refractivity contribution is -0.482. The Labute approximate surface area is 108 Å². The van der Waals surface area contributed by atoms with Gasteiger partial charge in [-0.05, 0) is 0 Å². The summed E-state index contributed by atoms with van der Waals surface area (Å²) < 4.78 is 2.76. The lowest BCUT2D eigenvalue weighted by Crippen LogP contribution is -2.51. The second-order valence-corrected chi connectivity index (χ2v) is 4.60.